The second kappa shape index (κ2) is 6.08. The molecule has 0 fully saturated rings. The van der Waals surface area contributed by atoms with Gasteiger partial charge in [0, 0.05) is 29.9 Å². The summed E-state index contributed by atoms with van der Waals surface area (Å²) in [4.78, 5) is 15.1. The lowest BCUT2D eigenvalue weighted by Gasteiger charge is -2.24. The van der Waals surface area contributed by atoms with Crippen molar-refractivity contribution in [3.8, 4) is 0 Å². The normalized spacial score (nSPS) is 16.5. The Morgan fingerprint density at radius 1 is 1.26 bits per heavy atom. The van der Waals surface area contributed by atoms with Crippen molar-refractivity contribution in [2.75, 3.05) is 18.1 Å². The molecule has 0 amide bonds. The minimum Gasteiger partial charge on any atom is -0.340 e. The number of benzene rings is 1. The molecule has 2 aliphatic rings. The molecule has 0 spiro atoms. The van der Waals surface area contributed by atoms with E-state index < -0.39 is 10.0 Å². The summed E-state index contributed by atoms with van der Waals surface area (Å²) >= 11 is 1.55. The molecule has 1 aromatic carbocycles. The third kappa shape index (κ3) is 2.91. The summed E-state index contributed by atoms with van der Waals surface area (Å²) in [5, 5.41) is 4.42. The highest BCUT2D eigenvalue weighted by molar-refractivity contribution is 7.88. The lowest BCUT2D eigenvalue weighted by Crippen LogP contribution is -2.34. The number of nitrogens with zero attached hydrogens (tertiary/aromatic N) is 4. The van der Waals surface area contributed by atoms with Crippen molar-refractivity contribution in [2.24, 2.45) is 4.99 Å². The molecule has 0 saturated carbocycles. The Bertz CT molecular complexity index is 1200. The highest BCUT2D eigenvalue weighted by Gasteiger charge is 2.28. The van der Waals surface area contributed by atoms with E-state index in [1.54, 1.807) is 17.7 Å². The van der Waals surface area contributed by atoms with Crippen LogP contribution in [0.25, 0.3) is 10.2 Å². The second-order valence-corrected chi connectivity index (χ2v) is 9.83. The average molecular weight is 400 g/mol. The van der Waals surface area contributed by atoms with Crippen molar-refractivity contribution in [2.45, 2.75) is 19.5 Å². The fourth-order valence-electron chi connectivity index (χ4n) is 3.60. The van der Waals surface area contributed by atoms with Gasteiger partial charge in [0.15, 0.2) is 0 Å². The smallest absolute Gasteiger partial charge is 0.211 e. The Morgan fingerprint density at radius 3 is 3.00 bits per heavy atom. The van der Waals surface area contributed by atoms with Gasteiger partial charge in [-0.15, -0.1) is 11.3 Å². The molecule has 9 heteroatoms. The van der Waals surface area contributed by atoms with Crippen LogP contribution in [0.15, 0.2) is 29.5 Å². The maximum atomic E-state index is 11.9. The van der Waals surface area contributed by atoms with Gasteiger partial charge in [-0.25, -0.2) is 18.4 Å². The van der Waals surface area contributed by atoms with E-state index in [9.17, 15) is 8.42 Å². The maximum absolute atomic E-state index is 11.9. The summed E-state index contributed by atoms with van der Waals surface area (Å²) in [6, 6.07) is 6.19. The second-order valence-electron chi connectivity index (χ2n) is 6.76. The van der Waals surface area contributed by atoms with E-state index in [0.29, 0.717) is 19.5 Å². The van der Waals surface area contributed by atoms with Crippen LogP contribution in [-0.2, 0) is 29.5 Å². The quantitative estimate of drug-likeness (QED) is 0.732. The lowest BCUT2D eigenvalue weighted by molar-refractivity contribution is 0.400. The molecule has 0 atom stereocenters. The van der Waals surface area contributed by atoms with Crippen LogP contribution in [0, 0.1) is 0 Å². The minimum atomic E-state index is -3.19. The van der Waals surface area contributed by atoms with Crippen LogP contribution in [-0.4, -0.2) is 41.7 Å². The summed E-state index contributed by atoms with van der Waals surface area (Å²) in [6.07, 6.45) is 5.37. The fraction of sp³-hybridized carbons (Fsp3) is 0.278. The molecule has 138 valence electrons. The first-order chi connectivity index (χ1) is 13.0. The van der Waals surface area contributed by atoms with E-state index in [0.717, 1.165) is 44.3 Å². The number of sulfonamides is 1. The van der Waals surface area contributed by atoms with Crippen molar-refractivity contribution < 1.29 is 8.42 Å². The molecule has 7 nitrogen and oxygen atoms in total. The maximum Gasteiger partial charge on any atom is 0.211 e. The Balaban J connectivity index is 1.55. The van der Waals surface area contributed by atoms with Crippen LogP contribution in [0.4, 0.5) is 11.5 Å². The highest BCUT2D eigenvalue weighted by atomic mass is 32.2. The van der Waals surface area contributed by atoms with Gasteiger partial charge in [0.05, 0.1) is 18.2 Å². The first-order valence-electron chi connectivity index (χ1n) is 8.59. The first kappa shape index (κ1) is 16.8. The number of rotatable bonds is 3. The molecule has 27 heavy (non-hydrogen) atoms. The lowest BCUT2D eigenvalue weighted by atomic mass is 10.1. The number of thiophene rings is 1. The van der Waals surface area contributed by atoms with Gasteiger partial charge in [0.2, 0.25) is 10.0 Å². The van der Waals surface area contributed by atoms with E-state index >= 15 is 0 Å². The molecule has 2 aromatic heterocycles. The van der Waals surface area contributed by atoms with E-state index in [1.165, 1.54) is 16.1 Å². The zero-order valence-corrected chi connectivity index (χ0v) is 16.3. The predicted molar refractivity (Wildman–Crippen MR) is 107 cm³/mol. The molecule has 3 aromatic rings. The van der Waals surface area contributed by atoms with Crippen molar-refractivity contribution >= 4 is 49.3 Å². The molecule has 0 aliphatic carbocycles. The Hall–Kier alpha value is -2.36. The van der Waals surface area contributed by atoms with Crippen molar-refractivity contribution in [1.29, 1.82) is 0 Å². The van der Waals surface area contributed by atoms with Crippen molar-refractivity contribution in [3.05, 3.63) is 46.1 Å². The third-order valence-electron chi connectivity index (χ3n) is 4.97. The molecule has 2 aliphatic heterocycles. The van der Waals surface area contributed by atoms with Gasteiger partial charge in [-0.1, -0.05) is 6.07 Å². The van der Waals surface area contributed by atoms with Crippen LogP contribution in [0.2, 0.25) is 0 Å². The molecule has 0 unspecified atom stereocenters. The minimum absolute atomic E-state index is 0.407. The number of fused-ring (bicyclic) bond motifs is 4. The molecular weight excluding hydrogens is 382 g/mol. The van der Waals surface area contributed by atoms with Crippen LogP contribution >= 0.6 is 11.3 Å². The van der Waals surface area contributed by atoms with Crippen LogP contribution < -0.4 is 5.32 Å². The molecule has 5 rings (SSSR count). The summed E-state index contributed by atoms with van der Waals surface area (Å²) in [6.45, 7) is 1.63. The summed E-state index contributed by atoms with van der Waals surface area (Å²) < 4.78 is 25.3. The van der Waals surface area contributed by atoms with Crippen LogP contribution in [0.3, 0.4) is 0 Å². The number of hydrogen-bond acceptors (Lipinski definition) is 7. The van der Waals surface area contributed by atoms with Gasteiger partial charge in [0.1, 0.15) is 17.0 Å². The molecular formula is C18H17N5O2S2. The van der Waals surface area contributed by atoms with Gasteiger partial charge in [-0.2, -0.15) is 4.31 Å². The zero-order chi connectivity index (χ0) is 18.6. The third-order valence-corrected chi connectivity index (χ3v) is 7.35. The van der Waals surface area contributed by atoms with Crippen molar-refractivity contribution in [1.82, 2.24) is 14.3 Å². The largest absolute Gasteiger partial charge is 0.340 e. The average Bonchev–Trinajstić information content (AvgIpc) is 3.24. The SMILES string of the molecule is CS(=O)(=O)N1CCc2c(sc3ncnc(Nc4ccc5c(c4)C=NC5)c23)C1. The van der Waals surface area contributed by atoms with E-state index in [-0.39, 0.29) is 0 Å². The Kier molecular flexibility index (Phi) is 3.78. The standard InChI is InChI=1S/C18H17N5O2S2/c1-27(24,25)23-5-4-14-15(9-23)26-18-16(14)17(20-10-21-18)22-13-3-2-11-7-19-8-12(11)6-13/h2-3,6,8,10H,4-5,7,9H2,1H3,(H,20,21,22). The molecule has 0 radical (unpaired) electrons. The fourth-order valence-corrected chi connectivity index (χ4v) is 5.67. The molecule has 4 heterocycles. The van der Waals surface area contributed by atoms with Gasteiger partial charge in [0.25, 0.3) is 0 Å². The number of anilines is 2. The summed E-state index contributed by atoms with van der Waals surface area (Å²) in [7, 11) is -3.19. The van der Waals surface area contributed by atoms with Crippen LogP contribution in [0.1, 0.15) is 21.6 Å². The topological polar surface area (TPSA) is 87.5 Å². The first-order valence-corrected chi connectivity index (χ1v) is 11.3. The molecule has 0 saturated heterocycles. The zero-order valence-electron chi connectivity index (χ0n) is 14.6. The number of aliphatic imine (C=N–C) groups is 1. The van der Waals surface area contributed by atoms with Gasteiger partial charge in [-0.05, 0) is 35.2 Å². The van der Waals surface area contributed by atoms with E-state index in [1.807, 2.05) is 12.3 Å². The monoisotopic (exact) mass is 399 g/mol. The summed E-state index contributed by atoms with van der Waals surface area (Å²) in [5.74, 6) is 0.764. The number of nitrogens with one attached hydrogen (secondary N) is 1. The number of hydrogen-bond donors (Lipinski definition) is 1. The Morgan fingerprint density at radius 2 is 2.15 bits per heavy atom. The number of aromatic nitrogens is 2. The molecule has 1 N–H and O–H groups in total. The van der Waals surface area contributed by atoms with E-state index in [4.69, 9.17) is 0 Å². The van der Waals surface area contributed by atoms with Crippen LogP contribution in [0.5, 0.6) is 0 Å². The summed E-state index contributed by atoms with van der Waals surface area (Å²) in [5.41, 5.74) is 4.46. The van der Waals surface area contributed by atoms with Gasteiger partial charge < -0.3 is 5.32 Å². The van der Waals surface area contributed by atoms with Crippen molar-refractivity contribution in [3.63, 3.8) is 0 Å². The van der Waals surface area contributed by atoms with Gasteiger partial charge >= 0.3 is 0 Å². The Labute approximate surface area is 160 Å². The van der Waals surface area contributed by atoms with Gasteiger partial charge in [-0.3, -0.25) is 4.99 Å². The highest BCUT2D eigenvalue weighted by Crippen LogP contribution is 2.38. The van der Waals surface area contributed by atoms with E-state index in [2.05, 4.69) is 32.4 Å². The predicted octanol–water partition coefficient (Wildman–Crippen LogP) is 2.69. The molecule has 0 bridgehead atoms.